The molecule has 3 nitrogen and oxygen atoms in total. The van der Waals surface area contributed by atoms with Crippen LogP contribution in [0.15, 0.2) is 82.8 Å². The summed E-state index contributed by atoms with van der Waals surface area (Å²) in [4.78, 5) is 5.93. The van der Waals surface area contributed by atoms with Gasteiger partial charge in [-0.25, -0.2) is 17.8 Å². The van der Waals surface area contributed by atoms with Crippen LogP contribution in [0.5, 0.6) is 0 Å². The van der Waals surface area contributed by atoms with Crippen LogP contribution in [-0.4, -0.2) is 19.7 Å². The number of thiazole rings is 1. The lowest BCUT2D eigenvalue weighted by atomic mass is 10.1. The van der Waals surface area contributed by atoms with Crippen LogP contribution in [-0.2, 0) is 9.84 Å². The average Bonchev–Trinajstić information content (AvgIpc) is 3.17. The third-order valence-corrected chi connectivity index (χ3v) is 7.23. The molecule has 0 aliphatic heterocycles. The van der Waals surface area contributed by atoms with Crippen molar-refractivity contribution in [3.63, 3.8) is 0 Å². The second-order valence-electron chi connectivity index (χ2n) is 6.80. The van der Waals surface area contributed by atoms with E-state index in [-0.39, 0.29) is 10.7 Å². The van der Waals surface area contributed by atoms with Crippen LogP contribution in [0.1, 0.15) is 39.1 Å². The molecule has 0 radical (unpaired) electrons. The van der Waals surface area contributed by atoms with E-state index in [1.807, 2.05) is 52.0 Å². The minimum atomic E-state index is -3.29. The van der Waals surface area contributed by atoms with Gasteiger partial charge in [-0.05, 0) is 48.4 Å². The fraction of sp³-hybridized carbons (Fsp3) is 0.222. The summed E-state index contributed by atoms with van der Waals surface area (Å²) in [6.45, 7) is 8.00. The molecule has 0 amide bonds. The summed E-state index contributed by atoms with van der Waals surface area (Å²) < 4.78 is 37.1. The molecule has 4 rings (SSSR count). The zero-order valence-electron chi connectivity index (χ0n) is 20.0. The Morgan fingerprint density at radius 2 is 1.53 bits per heavy atom. The summed E-state index contributed by atoms with van der Waals surface area (Å²) in [5, 5.41) is 1.36. The van der Waals surface area contributed by atoms with Crippen molar-refractivity contribution in [3.05, 3.63) is 88.7 Å². The fourth-order valence-electron chi connectivity index (χ4n) is 3.07. The van der Waals surface area contributed by atoms with E-state index in [9.17, 15) is 12.8 Å². The van der Waals surface area contributed by atoms with Crippen molar-refractivity contribution >= 4 is 38.3 Å². The summed E-state index contributed by atoms with van der Waals surface area (Å²) in [6, 6.07) is 12.8. The van der Waals surface area contributed by atoms with E-state index in [1.165, 1.54) is 29.7 Å². The van der Waals surface area contributed by atoms with Gasteiger partial charge < -0.3 is 0 Å². The van der Waals surface area contributed by atoms with Crippen LogP contribution in [0.3, 0.4) is 0 Å². The van der Waals surface area contributed by atoms with Crippen LogP contribution in [0.25, 0.3) is 27.3 Å². The summed E-state index contributed by atoms with van der Waals surface area (Å²) in [6.07, 6.45) is 9.73. The molecule has 1 aliphatic carbocycles. The first-order valence-corrected chi connectivity index (χ1v) is 14.2. The van der Waals surface area contributed by atoms with Crippen LogP contribution < -0.4 is 0 Å². The van der Waals surface area contributed by atoms with Gasteiger partial charge in [-0.15, -0.1) is 11.3 Å². The van der Waals surface area contributed by atoms with E-state index < -0.39 is 9.84 Å². The first kappa shape index (κ1) is 27.7. The lowest BCUT2D eigenvalue weighted by Crippen LogP contribution is -1.96. The average molecular weight is 518 g/mol. The molecule has 1 aliphatic rings. The standard InChI is InChI=1S/C23H17ClFNO2S2.2C2H6/c1-30(27,28)18-13-9-16(10-14-18)22-21(15-7-11-17(25)12-8-15)26-23(29-22)19-5-3-2-4-6-20(19)24;2*1-2/h2-3,5-14H,4H2,1H3;2*1-2H3. The molecule has 0 bridgehead atoms. The van der Waals surface area contributed by atoms with Crippen molar-refractivity contribution in [2.24, 2.45) is 0 Å². The molecule has 0 saturated heterocycles. The predicted molar refractivity (Wildman–Crippen MR) is 144 cm³/mol. The van der Waals surface area contributed by atoms with Gasteiger partial charge in [0.2, 0.25) is 0 Å². The molecule has 1 aromatic heterocycles. The minimum absolute atomic E-state index is 0.252. The maximum Gasteiger partial charge on any atom is 0.175 e. The highest BCUT2D eigenvalue weighted by atomic mass is 35.5. The predicted octanol–water partition coefficient (Wildman–Crippen LogP) is 8.54. The summed E-state index contributed by atoms with van der Waals surface area (Å²) in [5.41, 5.74) is 3.11. The second kappa shape index (κ2) is 12.8. The Labute approximate surface area is 211 Å². The molecule has 7 heteroatoms. The van der Waals surface area contributed by atoms with Crippen LogP contribution in [0.4, 0.5) is 4.39 Å². The number of benzene rings is 2. The van der Waals surface area contributed by atoms with Crippen molar-refractivity contribution in [3.8, 4) is 21.7 Å². The Balaban J connectivity index is 0.000000970. The summed E-state index contributed by atoms with van der Waals surface area (Å²) >= 11 is 7.93. The molecule has 180 valence electrons. The highest BCUT2D eigenvalue weighted by Gasteiger charge is 2.19. The maximum atomic E-state index is 13.5. The maximum absolute atomic E-state index is 13.5. The van der Waals surface area contributed by atoms with Gasteiger partial charge in [0.1, 0.15) is 10.8 Å². The molecule has 0 atom stereocenters. The molecule has 2 aromatic carbocycles. The second-order valence-corrected chi connectivity index (χ2v) is 10.2. The number of sulfone groups is 1. The molecule has 0 spiro atoms. The lowest BCUT2D eigenvalue weighted by Gasteiger charge is -2.04. The van der Waals surface area contributed by atoms with Crippen molar-refractivity contribution in [1.82, 2.24) is 4.98 Å². The number of nitrogens with zero attached hydrogens (tertiary/aromatic N) is 1. The van der Waals surface area contributed by atoms with Gasteiger partial charge in [-0.2, -0.15) is 0 Å². The highest BCUT2D eigenvalue weighted by Crippen LogP contribution is 2.41. The molecule has 34 heavy (non-hydrogen) atoms. The molecule has 1 heterocycles. The number of allylic oxidation sites excluding steroid dienone is 6. The third kappa shape index (κ3) is 6.75. The Morgan fingerprint density at radius 3 is 2.12 bits per heavy atom. The molecule has 0 fully saturated rings. The zero-order valence-corrected chi connectivity index (χ0v) is 22.4. The highest BCUT2D eigenvalue weighted by molar-refractivity contribution is 7.90. The number of rotatable bonds is 4. The van der Waals surface area contributed by atoms with E-state index in [0.717, 1.165) is 33.0 Å². The van der Waals surface area contributed by atoms with Crippen molar-refractivity contribution in [2.75, 3.05) is 6.26 Å². The van der Waals surface area contributed by atoms with Gasteiger partial charge in [0.15, 0.2) is 9.84 Å². The van der Waals surface area contributed by atoms with Gasteiger partial charge in [-0.1, -0.05) is 75.7 Å². The normalized spacial score (nSPS) is 12.9. The van der Waals surface area contributed by atoms with Crippen LogP contribution in [0.2, 0.25) is 0 Å². The Bertz CT molecular complexity index is 1290. The van der Waals surface area contributed by atoms with Crippen molar-refractivity contribution in [1.29, 1.82) is 0 Å². The summed E-state index contributed by atoms with van der Waals surface area (Å²) in [5.74, 6) is -0.323. The van der Waals surface area contributed by atoms with Gasteiger partial charge in [0.25, 0.3) is 0 Å². The third-order valence-electron chi connectivity index (χ3n) is 4.61. The molecular weight excluding hydrogens is 489 g/mol. The Hall–Kier alpha value is -2.54. The first-order chi connectivity index (χ1) is 16.3. The smallest absolute Gasteiger partial charge is 0.175 e. The van der Waals surface area contributed by atoms with Crippen LogP contribution in [0, 0.1) is 5.82 Å². The van der Waals surface area contributed by atoms with Gasteiger partial charge in [0.05, 0.1) is 15.5 Å². The van der Waals surface area contributed by atoms with E-state index >= 15 is 0 Å². The monoisotopic (exact) mass is 517 g/mol. The first-order valence-electron chi connectivity index (χ1n) is 11.1. The largest absolute Gasteiger partial charge is 0.235 e. The lowest BCUT2D eigenvalue weighted by molar-refractivity contribution is 0.602. The minimum Gasteiger partial charge on any atom is -0.235 e. The molecule has 3 aromatic rings. The molecular formula is C27H29ClFNO2S2. The topological polar surface area (TPSA) is 47.0 Å². The van der Waals surface area contributed by atoms with Crippen molar-refractivity contribution in [2.45, 2.75) is 39.0 Å². The SMILES string of the molecule is CC.CC.CS(=O)(=O)c1ccc(-c2sc(C3=CC=CCC=C3Cl)nc2-c2ccc(F)cc2)cc1. The molecule has 0 N–H and O–H groups in total. The van der Waals surface area contributed by atoms with Crippen molar-refractivity contribution < 1.29 is 12.8 Å². The van der Waals surface area contributed by atoms with E-state index in [4.69, 9.17) is 16.6 Å². The quantitative estimate of drug-likeness (QED) is 0.348. The summed E-state index contributed by atoms with van der Waals surface area (Å²) in [7, 11) is -3.29. The Morgan fingerprint density at radius 1 is 0.941 bits per heavy atom. The fourth-order valence-corrected chi connectivity index (χ4v) is 5.13. The van der Waals surface area contributed by atoms with Gasteiger partial charge in [-0.3, -0.25) is 0 Å². The van der Waals surface area contributed by atoms with Gasteiger partial charge >= 0.3 is 0 Å². The van der Waals surface area contributed by atoms with E-state index in [1.54, 1.807) is 36.4 Å². The molecule has 0 saturated carbocycles. The zero-order chi connectivity index (χ0) is 25.3. The number of hydrogen-bond acceptors (Lipinski definition) is 4. The van der Waals surface area contributed by atoms with E-state index in [2.05, 4.69) is 0 Å². The van der Waals surface area contributed by atoms with Gasteiger partial charge in [0, 0.05) is 22.4 Å². The number of aromatic nitrogens is 1. The Kier molecular flexibility index (Phi) is 10.4. The molecule has 0 unspecified atom stereocenters. The number of halogens is 2. The number of hydrogen-bond donors (Lipinski definition) is 0. The van der Waals surface area contributed by atoms with E-state index in [0.29, 0.717) is 10.7 Å². The van der Waals surface area contributed by atoms with Crippen LogP contribution >= 0.6 is 22.9 Å².